The van der Waals surface area contributed by atoms with E-state index in [1.807, 2.05) is 0 Å². The van der Waals surface area contributed by atoms with Crippen molar-refractivity contribution in [3.8, 4) is 5.75 Å². The van der Waals surface area contributed by atoms with Crippen LogP contribution in [0.5, 0.6) is 5.75 Å². The quantitative estimate of drug-likeness (QED) is 0.523. The van der Waals surface area contributed by atoms with E-state index in [0.29, 0.717) is 5.75 Å². The van der Waals surface area contributed by atoms with Gasteiger partial charge in [-0.25, -0.2) is 0 Å². The number of nitro groups is 1. The van der Waals surface area contributed by atoms with E-state index in [0.717, 1.165) is 6.07 Å². The molecule has 0 radical (unpaired) electrons. The number of hydrogen-bond acceptors (Lipinski definition) is 3. The van der Waals surface area contributed by atoms with Crippen molar-refractivity contribution >= 4 is 5.69 Å². The lowest BCUT2D eigenvalue weighted by atomic mass is 10.2. The van der Waals surface area contributed by atoms with Crippen molar-refractivity contribution in [2.45, 2.75) is 6.92 Å². The summed E-state index contributed by atoms with van der Waals surface area (Å²) in [4.78, 5) is 9.54. The van der Waals surface area contributed by atoms with Crippen LogP contribution in [0, 0.1) is 22.9 Å². The molecule has 0 N–H and O–H groups in total. The first kappa shape index (κ1) is 9.44. The molecule has 4 nitrogen and oxygen atoms in total. The first-order valence-corrected chi connectivity index (χ1v) is 3.55. The Labute approximate surface area is 74.1 Å². The van der Waals surface area contributed by atoms with Crippen LogP contribution in [0.25, 0.3) is 0 Å². The van der Waals surface area contributed by atoms with E-state index < -0.39 is 16.4 Å². The average molecular weight is 185 g/mol. The number of nitro benzene ring substituents is 1. The molecule has 0 heterocycles. The van der Waals surface area contributed by atoms with Crippen molar-refractivity contribution in [3.05, 3.63) is 33.6 Å². The summed E-state index contributed by atoms with van der Waals surface area (Å²) in [6, 6.07) is 2.46. The van der Waals surface area contributed by atoms with Gasteiger partial charge in [0.15, 0.2) is 0 Å². The number of ether oxygens (including phenoxy) is 1. The van der Waals surface area contributed by atoms with Gasteiger partial charge >= 0.3 is 5.69 Å². The van der Waals surface area contributed by atoms with Crippen LogP contribution in [0.1, 0.15) is 5.56 Å². The molecule has 13 heavy (non-hydrogen) atoms. The van der Waals surface area contributed by atoms with E-state index in [-0.39, 0.29) is 5.56 Å². The van der Waals surface area contributed by atoms with Gasteiger partial charge in [-0.1, -0.05) is 0 Å². The Morgan fingerprint density at radius 1 is 1.54 bits per heavy atom. The third kappa shape index (κ3) is 1.58. The smallest absolute Gasteiger partial charge is 0.305 e. The maximum absolute atomic E-state index is 13.2. The van der Waals surface area contributed by atoms with E-state index in [4.69, 9.17) is 4.74 Å². The van der Waals surface area contributed by atoms with E-state index in [2.05, 4.69) is 0 Å². The van der Waals surface area contributed by atoms with Gasteiger partial charge < -0.3 is 4.74 Å². The Morgan fingerprint density at radius 2 is 2.15 bits per heavy atom. The third-order valence-electron chi connectivity index (χ3n) is 1.73. The molecular weight excluding hydrogens is 177 g/mol. The zero-order valence-electron chi connectivity index (χ0n) is 7.20. The van der Waals surface area contributed by atoms with Crippen LogP contribution in [-0.4, -0.2) is 12.0 Å². The number of benzene rings is 1. The predicted molar refractivity (Wildman–Crippen MR) is 44.3 cm³/mol. The Kier molecular flexibility index (Phi) is 2.46. The Hall–Kier alpha value is -1.65. The molecule has 70 valence electrons. The number of halogens is 1. The van der Waals surface area contributed by atoms with Crippen molar-refractivity contribution in [2.75, 3.05) is 7.11 Å². The number of hydrogen-bond donors (Lipinski definition) is 0. The topological polar surface area (TPSA) is 52.4 Å². The molecule has 1 aromatic rings. The van der Waals surface area contributed by atoms with Gasteiger partial charge in [-0.05, 0) is 13.0 Å². The molecule has 0 aromatic heterocycles. The normalized spacial score (nSPS) is 9.77. The zero-order chi connectivity index (χ0) is 10.0. The van der Waals surface area contributed by atoms with Crippen molar-refractivity contribution in [3.63, 3.8) is 0 Å². The molecule has 0 spiro atoms. The average Bonchev–Trinajstić information content (AvgIpc) is 2.09. The van der Waals surface area contributed by atoms with E-state index in [1.165, 1.54) is 20.1 Å². The molecule has 0 amide bonds. The third-order valence-corrected chi connectivity index (χ3v) is 1.73. The van der Waals surface area contributed by atoms with Crippen molar-refractivity contribution in [2.24, 2.45) is 0 Å². The number of rotatable bonds is 2. The second-order valence-electron chi connectivity index (χ2n) is 2.48. The highest BCUT2D eigenvalue weighted by Crippen LogP contribution is 2.27. The molecule has 5 heteroatoms. The molecule has 1 aromatic carbocycles. The lowest BCUT2D eigenvalue weighted by Gasteiger charge is -2.04. The highest BCUT2D eigenvalue weighted by atomic mass is 19.1. The standard InChI is InChI=1S/C8H8FNO3/c1-5-7(13-2)4-3-6(8(5)9)10(11)12/h3-4H,1-2H3. The van der Waals surface area contributed by atoms with Crippen molar-refractivity contribution < 1.29 is 14.1 Å². The minimum Gasteiger partial charge on any atom is -0.496 e. The SMILES string of the molecule is COc1ccc([N+](=O)[O-])c(F)c1C. The van der Waals surface area contributed by atoms with Crippen LogP contribution in [0.15, 0.2) is 12.1 Å². The maximum atomic E-state index is 13.2. The first-order valence-electron chi connectivity index (χ1n) is 3.55. The summed E-state index contributed by atoms with van der Waals surface area (Å²) < 4.78 is 18.0. The lowest BCUT2D eigenvalue weighted by molar-refractivity contribution is -0.387. The Morgan fingerprint density at radius 3 is 2.62 bits per heavy atom. The van der Waals surface area contributed by atoms with Gasteiger partial charge in [0.1, 0.15) is 5.75 Å². The van der Waals surface area contributed by atoms with Gasteiger partial charge in [-0.15, -0.1) is 0 Å². The van der Waals surface area contributed by atoms with Gasteiger partial charge in [0.05, 0.1) is 12.0 Å². The van der Waals surface area contributed by atoms with Crippen LogP contribution in [0.4, 0.5) is 10.1 Å². The monoisotopic (exact) mass is 185 g/mol. The molecule has 1 rings (SSSR count). The molecule has 0 aliphatic carbocycles. The van der Waals surface area contributed by atoms with Crippen molar-refractivity contribution in [1.82, 2.24) is 0 Å². The highest BCUT2D eigenvalue weighted by Gasteiger charge is 2.18. The van der Waals surface area contributed by atoms with Gasteiger partial charge in [-0.2, -0.15) is 4.39 Å². The van der Waals surface area contributed by atoms with Crippen LogP contribution < -0.4 is 4.74 Å². The summed E-state index contributed by atoms with van der Waals surface area (Å²) in [5.41, 5.74) is -0.380. The van der Waals surface area contributed by atoms with Crippen LogP contribution in [-0.2, 0) is 0 Å². The summed E-state index contributed by atoms with van der Waals surface area (Å²) >= 11 is 0. The fourth-order valence-electron chi connectivity index (χ4n) is 1.02. The molecule has 0 saturated heterocycles. The summed E-state index contributed by atoms with van der Waals surface area (Å²) in [6.07, 6.45) is 0. The largest absolute Gasteiger partial charge is 0.496 e. The summed E-state index contributed by atoms with van der Waals surface area (Å²) in [5, 5.41) is 10.3. The van der Waals surface area contributed by atoms with Crippen molar-refractivity contribution in [1.29, 1.82) is 0 Å². The molecule has 0 aliphatic heterocycles. The van der Waals surface area contributed by atoms with Crippen LogP contribution in [0.2, 0.25) is 0 Å². The Balaban J connectivity index is 3.31. The molecule has 0 unspecified atom stereocenters. The number of nitrogens with zero attached hydrogens (tertiary/aromatic N) is 1. The number of methoxy groups -OCH3 is 1. The van der Waals surface area contributed by atoms with Crippen LogP contribution >= 0.6 is 0 Å². The van der Waals surface area contributed by atoms with Gasteiger partial charge in [0.2, 0.25) is 5.82 Å². The Bertz CT molecular complexity index is 351. The summed E-state index contributed by atoms with van der Waals surface area (Å²) in [5.74, 6) is -0.535. The molecule has 0 saturated carbocycles. The second-order valence-corrected chi connectivity index (χ2v) is 2.48. The molecule has 0 atom stereocenters. The summed E-state index contributed by atoms with van der Waals surface area (Å²) in [6.45, 7) is 1.43. The second kappa shape index (κ2) is 3.38. The molecule has 0 bridgehead atoms. The van der Waals surface area contributed by atoms with E-state index in [9.17, 15) is 14.5 Å². The van der Waals surface area contributed by atoms with Gasteiger partial charge in [0.25, 0.3) is 0 Å². The minimum absolute atomic E-state index is 0.150. The summed E-state index contributed by atoms with van der Waals surface area (Å²) in [7, 11) is 1.38. The molecule has 0 aliphatic rings. The molecule has 0 fully saturated rings. The maximum Gasteiger partial charge on any atom is 0.305 e. The first-order chi connectivity index (χ1) is 6.07. The highest BCUT2D eigenvalue weighted by molar-refractivity contribution is 5.44. The lowest BCUT2D eigenvalue weighted by Crippen LogP contribution is -1.97. The fraction of sp³-hybridized carbons (Fsp3) is 0.250. The molecular formula is C8H8FNO3. The van der Waals surface area contributed by atoms with Gasteiger partial charge in [-0.3, -0.25) is 10.1 Å². The van der Waals surface area contributed by atoms with Crippen LogP contribution in [0.3, 0.4) is 0 Å². The predicted octanol–water partition coefficient (Wildman–Crippen LogP) is 2.05. The van der Waals surface area contributed by atoms with E-state index in [1.54, 1.807) is 0 Å². The minimum atomic E-state index is -0.843. The zero-order valence-corrected chi connectivity index (χ0v) is 7.20. The van der Waals surface area contributed by atoms with Gasteiger partial charge in [0, 0.05) is 11.6 Å². The van der Waals surface area contributed by atoms with E-state index >= 15 is 0 Å². The fourth-order valence-corrected chi connectivity index (χ4v) is 1.02.